The first kappa shape index (κ1) is 22.1. The highest BCUT2D eigenvalue weighted by atomic mass is 32.2. The second-order valence-corrected chi connectivity index (χ2v) is 9.88. The molecule has 0 aliphatic carbocycles. The van der Waals surface area contributed by atoms with Crippen LogP contribution < -0.4 is 21.1 Å². The Morgan fingerprint density at radius 1 is 1.20 bits per heavy atom. The molecule has 35 heavy (non-hydrogen) atoms. The molecule has 2 aromatic heterocycles. The quantitative estimate of drug-likeness (QED) is 0.507. The Bertz CT molecular complexity index is 1430. The molecule has 3 aliphatic heterocycles. The van der Waals surface area contributed by atoms with E-state index in [-0.39, 0.29) is 29.3 Å². The molecule has 11 heteroatoms. The van der Waals surface area contributed by atoms with E-state index in [1.165, 1.54) is 24.0 Å². The van der Waals surface area contributed by atoms with Crippen molar-refractivity contribution in [2.24, 2.45) is 0 Å². The van der Waals surface area contributed by atoms with Crippen molar-refractivity contribution in [2.75, 3.05) is 35.6 Å². The standard InChI is InChI=1S/C24H22FN5O4S/c25-16-9-27-17-2-4-21(32)30-10-13(22(16)23(17)30)5-6-26-8-15-11-29(24(33)34-15)14-1-3-19-18(7-14)28-20(31)12-35-19/h1-4,7,9,13,15,26H,5-6,8,10-12H2,(H,28,31)/t13-,15+/m1/s1. The number of carbonyl (C=O) groups excluding carboxylic acids is 2. The molecule has 180 valence electrons. The lowest BCUT2D eigenvalue weighted by molar-refractivity contribution is -0.113. The summed E-state index contributed by atoms with van der Waals surface area (Å²) in [5.41, 5.74) is 2.97. The van der Waals surface area contributed by atoms with Gasteiger partial charge in [0, 0.05) is 41.2 Å². The Labute approximate surface area is 203 Å². The zero-order valence-corrected chi connectivity index (χ0v) is 19.4. The highest BCUT2D eigenvalue weighted by Gasteiger charge is 2.33. The van der Waals surface area contributed by atoms with Gasteiger partial charge in [-0.05, 0) is 37.2 Å². The molecule has 2 atom stereocenters. The Morgan fingerprint density at radius 2 is 2.09 bits per heavy atom. The van der Waals surface area contributed by atoms with Crippen LogP contribution in [0.15, 0.2) is 46.2 Å². The van der Waals surface area contributed by atoms with Crippen LogP contribution in [0, 0.1) is 5.82 Å². The van der Waals surface area contributed by atoms with E-state index >= 15 is 0 Å². The van der Waals surface area contributed by atoms with Crippen LogP contribution >= 0.6 is 11.8 Å². The summed E-state index contributed by atoms with van der Waals surface area (Å²) in [4.78, 5) is 43.0. The highest BCUT2D eigenvalue weighted by Crippen LogP contribution is 2.36. The van der Waals surface area contributed by atoms with E-state index in [0.717, 1.165) is 4.90 Å². The van der Waals surface area contributed by atoms with Crippen molar-refractivity contribution in [3.8, 4) is 0 Å². The number of benzene rings is 1. The maximum atomic E-state index is 14.6. The number of cyclic esters (lactones) is 1. The van der Waals surface area contributed by atoms with Gasteiger partial charge < -0.3 is 19.9 Å². The number of pyridine rings is 2. The number of amides is 2. The predicted molar refractivity (Wildman–Crippen MR) is 130 cm³/mol. The molecule has 9 nitrogen and oxygen atoms in total. The van der Waals surface area contributed by atoms with Crippen LogP contribution in [-0.2, 0) is 16.1 Å². The van der Waals surface area contributed by atoms with Gasteiger partial charge in [0.2, 0.25) is 5.91 Å². The van der Waals surface area contributed by atoms with Gasteiger partial charge in [0.05, 0.1) is 35.2 Å². The van der Waals surface area contributed by atoms with Crippen molar-refractivity contribution < 1.29 is 18.7 Å². The summed E-state index contributed by atoms with van der Waals surface area (Å²) in [6.45, 7) is 1.84. The number of nitrogens with zero attached hydrogens (tertiary/aromatic N) is 3. The monoisotopic (exact) mass is 495 g/mol. The van der Waals surface area contributed by atoms with Crippen LogP contribution in [0.2, 0.25) is 0 Å². The molecule has 0 saturated carbocycles. The van der Waals surface area contributed by atoms with Crippen LogP contribution in [-0.4, -0.2) is 53.0 Å². The topological polar surface area (TPSA) is 106 Å². The van der Waals surface area contributed by atoms with Crippen LogP contribution in [0.1, 0.15) is 17.9 Å². The summed E-state index contributed by atoms with van der Waals surface area (Å²) in [5.74, 6) is -0.198. The number of hydrogen-bond acceptors (Lipinski definition) is 7. The van der Waals surface area contributed by atoms with Gasteiger partial charge in [-0.25, -0.2) is 9.18 Å². The highest BCUT2D eigenvalue weighted by molar-refractivity contribution is 8.00. The zero-order chi connectivity index (χ0) is 24.1. The average molecular weight is 496 g/mol. The van der Waals surface area contributed by atoms with E-state index in [2.05, 4.69) is 15.6 Å². The van der Waals surface area contributed by atoms with Crippen molar-refractivity contribution in [3.63, 3.8) is 0 Å². The third-order valence-electron chi connectivity index (χ3n) is 6.63. The normalized spacial score (nSPS) is 20.8. The minimum Gasteiger partial charge on any atom is -0.443 e. The van der Waals surface area contributed by atoms with Crippen LogP contribution in [0.3, 0.4) is 0 Å². The van der Waals surface area contributed by atoms with Crippen molar-refractivity contribution in [1.82, 2.24) is 14.9 Å². The lowest BCUT2D eigenvalue weighted by Gasteiger charge is -2.20. The SMILES string of the molecule is O=C1CSc2ccc(N3C[C@H](CNCC[C@@H]4Cn5c(=O)ccc6ncc(F)c4c65)OC3=O)cc2N1. The molecule has 3 aliphatic rings. The third kappa shape index (κ3) is 3.94. The molecule has 0 bridgehead atoms. The van der Waals surface area contributed by atoms with E-state index in [1.807, 2.05) is 12.1 Å². The minimum absolute atomic E-state index is 0.0617. The number of ether oxygens (including phenoxy) is 1. The summed E-state index contributed by atoms with van der Waals surface area (Å²) in [5, 5.41) is 6.14. The first-order valence-electron chi connectivity index (χ1n) is 11.4. The molecule has 2 amide bonds. The summed E-state index contributed by atoms with van der Waals surface area (Å²) < 4.78 is 21.7. The van der Waals surface area contributed by atoms with E-state index < -0.39 is 6.09 Å². The second kappa shape index (κ2) is 8.65. The van der Waals surface area contributed by atoms with E-state index in [1.54, 1.807) is 21.6 Å². The number of rotatable bonds is 6. The molecule has 1 saturated heterocycles. The van der Waals surface area contributed by atoms with Crippen LogP contribution in [0.25, 0.3) is 11.0 Å². The molecule has 0 unspecified atom stereocenters. The lowest BCUT2D eigenvalue weighted by Crippen LogP contribution is -2.32. The van der Waals surface area contributed by atoms with Gasteiger partial charge in [-0.3, -0.25) is 19.5 Å². The maximum absolute atomic E-state index is 14.6. The predicted octanol–water partition coefficient (Wildman–Crippen LogP) is 2.68. The first-order valence-corrected chi connectivity index (χ1v) is 12.4. The molecule has 3 aromatic rings. The average Bonchev–Trinajstić information content (AvgIpc) is 3.42. The van der Waals surface area contributed by atoms with Gasteiger partial charge >= 0.3 is 6.09 Å². The van der Waals surface area contributed by atoms with Crippen LogP contribution in [0.4, 0.5) is 20.6 Å². The Balaban J connectivity index is 1.06. The number of fused-ring (bicyclic) bond motifs is 1. The summed E-state index contributed by atoms with van der Waals surface area (Å²) in [7, 11) is 0. The molecule has 0 radical (unpaired) electrons. The number of thioether (sulfide) groups is 1. The van der Waals surface area contributed by atoms with Crippen molar-refractivity contribution in [2.45, 2.75) is 29.9 Å². The Kier molecular flexibility index (Phi) is 5.45. The zero-order valence-electron chi connectivity index (χ0n) is 18.6. The maximum Gasteiger partial charge on any atom is 0.414 e. The molecule has 5 heterocycles. The smallest absolute Gasteiger partial charge is 0.414 e. The van der Waals surface area contributed by atoms with Gasteiger partial charge in [-0.1, -0.05) is 0 Å². The fourth-order valence-electron chi connectivity index (χ4n) is 5.00. The van der Waals surface area contributed by atoms with E-state index in [0.29, 0.717) is 66.3 Å². The van der Waals surface area contributed by atoms with Gasteiger partial charge in [0.1, 0.15) is 11.9 Å². The molecule has 1 aromatic carbocycles. The second-order valence-electron chi connectivity index (χ2n) is 8.86. The third-order valence-corrected chi connectivity index (χ3v) is 7.70. The fraction of sp³-hybridized carbons (Fsp3) is 0.333. The van der Waals surface area contributed by atoms with E-state index in [4.69, 9.17) is 4.74 Å². The largest absolute Gasteiger partial charge is 0.443 e. The molecule has 0 spiro atoms. The van der Waals surface area contributed by atoms with Gasteiger partial charge in [-0.2, -0.15) is 0 Å². The number of aromatic nitrogens is 2. The van der Waals surface area contributed by atoms with Gasteiger partial charge in [-0.15, -0.1) is 11.8 Å². The van der Waals surface area contributed by atoms with E-state index in [9.17, 15) is 18.8 Å². The molecule has 2 N–H and O–H groups in total. The number of carbonyl (C=O) groups is 2. The van der Waals surface area contributed by atoms with Crippen LogP contribution in [0.5, 0.6) is 0 Å². The number of nitrogens with one attached hydrogen (secondary N) is 2. The number of anilines is 2. The molecular weight excluding hydrogens is 473 g/mol. The Hall–Kier alpha value is -3.44. The summed E-state index contributed by atoms with van der Waals surface area (Å²) in [6.07, 6.45) is 1.08. The fourth-order valence-corrected chi connectivity index (χ4v) is 5.79. The van der Waals surface area contributed by atoms with Gasteiger partial charge in [0.25, 0.3) is 5.56 Å². The number of hydrogen-bond donors (Lipinski definition) is 2. The summed E-state index contributed by atoms with van der Waals surface area (Å²) in [6, 6.07) is 8.64. The lowest BCUT2D eigenvalue weighted by atomic mass is 9.97. The first-order chi connectivity index (χ1) is 17.0. The summed E-state index contributed by atoms with van der Waals surface area (Å²) >= 11 is 1.47. The van der Waals surface area contributed by atoms with Crippen molar-refractivity contribution in [3.05, 3.63) is 58.3 Å². The minimum atomic E-state index is -0.432. The molecule has 1 fully saturated rings. The Morgan fingerprint density at radius 3 is 2.97 bits per heavy atom. The molecule has 6 rings (SSSR count). The molecular formula is C24H22FN5O4S. The van der Waals surface area contributed by atoms with Crippen molar-refractivity contribution >= 4 is 46.2 Å². The number of halogens is 1. The van der Waals surface area contributed by atoms with Crippen molar-refractivity contribution in [1.29, 1.82) is 0 Å². The van der Waals surface area contributed by atoms with Gasteiger partial charge in [0.15, 0.2) is 0 Å².